The topological polar surface area (TPSA) is 98.2 Å². The molecule has 27 heavy (non-hydrogen) atoms. The zero-order valence-corrected chi connectivity index (χ0v) is 14.2. The van der Waals surface area contributed by atoms with Crippen molar-refractivity contribution in [3.8, 4) is 11.3 Å². The summed E-state index contributed by atoms with van der Waals surface area (Å²) in [5, 5.41) is 6.83. The average molecular weight is 365 g/mol. The van der Waals surface area contributed by atoms with Crippen LogP contribution >= 0.6 is 0 Å². The van der Waals surface area contributed by atoms with Crippen LogP contribution in [0.15, 0.2) is 59.1 Å². The smallest absolute Gasteiger partial charge is 0.248 e. The molecule has 2 aromatic carbocycles. The Morgan fingerprint density at radius 2 is 1.81 bits per heavy atom. The van der Waals surface area contributed by atoms with E-state index in [1.807, 2.05) is 0 Å². The van der Waals surface area contributed by atoms with Gasteiger partial charge in [0.15, 0.2) is 5.76 Å². The first-order valence-corrected chi connectivity index (χ1v) is 8.43. The molecule has 1 aliphatic carbocycles. The van der Waals surface area contributed by atoms with Crippen LogP contribution in [0.1, 0.15) is 28.9 Å². The summed E-state index contributed by atoms with van der Waals surface area (Å²) in [6, 6.07) is 14.2. The van der Waals surface area contributed by atoms with Crippen LogP contribution in [-0.2, 0) is 10.2 Å². The highest BCUT2D eigenvalue weighted by atomic mass is 19.1. The predicted molar refractivity (Wildman–Crippen MR) is 96.4 cm³/mol. The highest BCUT2D eigenvalue weighted by Crippen LogP contribution is 2.49. The van der Waals surface area contributed by atoms with E-state index >= 15 is 0 Å². The molecule has 2 amide bonds. The highest BCUT2D eigenvalue weighted by molar-refractivity contribution is 6.01. The van der Waals surface area contributed by atoms with Crippen molar-refractivity contribution in [2.24, 2.45) is 5.73 Å². The maximum absolute atomic E-state index is 13.9. The van der Waals surface area contributed by atoms with Crippen LogP contribution in [0, 0.1) is 5.82 Å². The number of hydrogen-bond acceptors (Lipinski definition) is 4. The normalized spacial score (nSPS) is 14.6. The van der Waals surface area contributed by atoms with Crippen LogP contribution in [-0.4, -0.2) is 17.0 Å². The molecule has 0 aliphatic heterocycles. The van der Waals surface area contributed by atoms with Gasteiger partial charge in [-0.15, -0.1) is 0 Å². The molecule has 1 fully saturated rings. The third-order valence-electron chi connectivity index (χ3n) is 4.75. The number of benzene rings is 2. The molecular formula is C20H16FN3O3. The number of aromatic nitrogens is 1. The van der Waals surface area contributed by atoms with E-state index in [4.69, 9.17) is 10.3 Å². The van der Waals surface area contributed by atoms with Crippen LogP contribution in [0.3, 0.4) is 0 Å². The molecule has 7 heteroatoms. The number of amides is 2. The molecule has 1 aliphatic rings. The summed E-state index contributed by atoms with van der Waals surface area (Å²) in [4.78, 5) is 23.9. The van der Waals surface area contributed by atoms with Crippen molar-refractivity contribution in [3.05, 3.63) is 71.7 Å². The van der Waals surface area contributed by atoms with Gasteiger partial charge in [-0.05, 0) is 49.2 Å². The Hall–Kier alpha value is -3.48. The summed E-state index contributed by atoms with van der Waals surface area (Å²) in [6.07, 6.45) is 1.25. The maximum atomic E-state index is 13.9. The first-order chi connectivity index (χ1) is 13.0. The van der Waals surface area contributed by atoms with Crippen molar-refractivity contribution >= 4 is 17.5 Å². The largest absolute Gasteiger partial charge is 0.366 e. The van der Waals surface area contributed by atoms with Gasteiger partial charge in [-0.2, -0.15) is 0 Å². The summed E-state index contributed by atoms with van der Waals surface area (Å²) in [6.45, 7) is 0. The fourth-order valence-corrected chi connectivity index (χ4v) is 2.98. The minimum Gasteiger partial charge on any atom is -0.366 e. The Labute approximate surface area is 154 Å². The zero-order chi connectivity index (χ0) is 19.0. The van der Waals surface area contributed by atoms with E-state index in [9.17, 15) is 14.0 Å². The fourth-order valence-electron chi connectivity index (χ4n) is 2.98. The molecule has 0 radical (unpaired) electrons. The lowest BCUT2D eigenvalue weighted by Crippen LogP contribution is -2.28. The molecule has 0 spiro atoms. The maximum Gasteiger partial charge on any atom is 0.248 e. The second-order valence-corrected chi connectivity index (χ2v) is 6.53. The second kappa shape index (κ2) is 6.35. The Kier molecular flexibility index (Phi) is 3.99. The van der Waals surface area contributed by atoms with Gasteiger partial charge in [-0.3, -0.25) is 9.59 Å². The van der Waals surface area contributed by atoms with Crippen molar-refractivity contribution in [2.45, 2.75) is 18.3 Å². The average Bonchev–Trinajstić information content (AvgIpc) is 3.33. The Morgan fingerprint density at radius 3 is 2.44 bits per heavy atom. The van der Waals surface area contributed by atoms with Gasteiger partial charge < -0.3 is 15.6 Å². The van der Waals surface area contributed by atoms with Crippen LogP contribution in [0.4, 0.5) is 10.1 Å². The van der Waals surface area contributed by atoms with Crippen LogP contribution < -0.4 is 11.1 Å². The van der Waals surface area contributed by atoms with E-state index in [1.54, 1.807) is 48.5 Å². The van der Waals surface area contributed by atoms with Gasteiger partial charge in [0.1, 0.15) is 5.82 Å². The number of carbonyl (C=O) groups excluding carboxylic acids is 2. The van der Waals surface area contributed by atoms with Crippen molar-refractivity contribution in [1.29, 1.82) is 0 Å². The van der Waals surface area contributed by atoms with Gasteiger partial charge in [0.25, 0.3) is 0 Å². The monoisotopic (exact) mass is 365 g/mol. The predicted octanol–water partition coefficient (Wildman–Crippen LogP) is 3.25. The SMILES string of the molecule is NC(=O)c1ccc(NC(=O)C2(c3cc(-c4ccccc4F)on3)CC2)cc1. The zero-order valence-electron chi connectivity index (χ0n) is 14.2. The summed E-state index contributed by atoms with van der Waals surface area (Å²) >= 11 is 0. The molecule has 1 aromatic heterocycles. The van der Waals surface area contributed by atoms with E-state index in [0.29, 0.717) is 35.3 Å². The van der Waals surface area contributed by atoms with Gasteiger partial charge >= 0.3 is 0 Å². The lowest BCUT2D eigenvalue weighted by atomic mass is 10.00. The van der Waals surface area contributed by atoms with Crippen molar-refractivity contribution in [2.75, 3.05) is 5.32 Å². The molecule has 0 saturated heterocycles. The van der Waals surface area contributed by atoms with Crippen LogP contribution in [0.25, 0.3) is 11.3 Å². The van der Waals surface area contributed by atoms with Crippen LogP contribution in [0.2, 0.25) is 0 Å². The highest BCUT2D eigenvalue weighted by Gasteiger charge is 2.53. The van der Waals surface area contributed by atoms with Gasteiger partial charge in [-0.25, -0.2) is 4.39 Å². The molecule has 3 N–H and O–H groups in total. The number of anilines is 1. The van der Waals surface area contributed by atoms with Gasteiger partial charge in [-0.1, -0.05) is 17.3 Å². The molecule has 0 atom stereocenters. The quantitative estimate of drug-likeness (QED) is 0.725. The molecule has 6 nitrogen and oxygen atoms in total. The van der Waals surface area contributed by atoms with E-state index in [-0.39, 0.29) is 11.7 Å². The number of halogens is 1. The first kappa shape index (κ1) is 17.0. The number of hydrogen-bond donors (Lipinski definition) is 2. The Balaban J connectivity index is 1.54. The van der Waals surface area contributed by atoms with Crippen LogP contribution in [0.5, 0.6) is 0 Å². The van der Waals surface area contributed by atoms with E-state index in [0.717, 1.165) is 0 Å². The first-order valence-electron chi connectivity index (χ1n) is 8.43. The van der Waals surface area contributed by atoms with Gasteiger partial charge in [0.05, 0.1) is 16.7 Å². The van der Waals surface area contributed by atoms with Crippen molar-refractivity contribution in [1.82, 2.24) is 5.16 Å². The van der Waals surface area contributed by atoms with Crippen molar-refractivity contribution < 1.29 is 18.5 Å². The lowest BCUT2D eigenvalue weighted by Gasteiger charge is -2.12. The lowest BCUT2D eigenvalue weighted by molar-refractivity contribution is -0.118. The molecule has 4 rings (SSSR count). The molecule has 136 valence electrons. The number of nitrogens with two attached hydrogens (primary N) is 1. The van der Waals surface area contributed by atoms with Gasteiger partial charge in [0, 0.05) is 17.3 Å². The molecule has 1 heterocycles. The van der Waals surface area contributed by atoms with E-state index in [2.05, 4.69) is 10.5 Å². The Bertz CT molecular complexity index is 1020. The molecule has 3 aromatic rings. The Morgan fingerprint density at radius 1 is 1.11 bits per heavy atom. The number of primary amides is 1. The minimum absolute atomic E-state index is 0.220. The number of rotatable bonds is 5. The molecule has 1 saturated carbocycles. The van der Waals surface area contributed by atoms with E-state index in [1.165, 1.54) is 6.07 Å². The minimum atomic E-state index is -0.782. The summed E-state index contributed by atoms with van der Waals surface area (Å²) in [5.74, 6) is -0.880. The second-order valence-electron chi connectivity index (χ2n) is 6.53. The summed E-state index contributed by atoms with van der Waals surface area (Å²) < 4.78 is 19.2. The summed E-state index contributed by atoms with van der Waals surface area (Å²) in [5.41, 5.74) is 6.12. The standard InChI is InChI=1S/C20H16FN3O3/c21-15-4-2-1-3-14(15)16-11-17(24-27-16)20(9-10-20)19(26)23-13-7-5-12(6-8-13)18(22)25/h1-8,11H,9-10H2,(H2,22,25)(H,23,26). The number of nitrogens with one attached hydrogen (secondary N) is 1. The van der Waals surface area contributed by atoms with Crippen molar-refractivity contribution in [3.63, 3.8) is 0 Å². The molecular weight excluding hydrogens is 349 g/mol. The molecule has 0 bridgehead atoms. The number of nitrogens with zero attached hydrogens (tertiary/aromatic N) is 1. The third kappa shape index (κ3) is 3.08. The number of carbonyl (C=O) groups is 2. The summed E-state index contributed by atoms with van der Waals surface area (Å²) in [7, 11) is 0. The van der Waals surface area contributed by atoms with Gasteiger partial charge in [0.2, 0.25) is 11.8 Å². The van der Waals surface area contributed by atoms with E-state index < -0.39 is 17.1 Å². The molecule has 0 unspecified atom stereocenters. The third-order valence-corrected chi connectivity index (χ3v) is 4.75. The fraction of sp³-hybridized carbons (Fsp3) is 0.150.